The van der Waals surface area contributed by atoms with E-state index in [0.717, 1.165) is 22.6 Å². The van der Waals surface area contributed by atoms with Gasteiger partial charge in [0.1, 0.15) is 5.75 Å². The maximum absolute atomic E-state index is 12.4. The Kier molecular flexibility index (Phi) is 6.07. The van der Waals surface area contributed by atoms with Crippen LogP contribution in [0.5, 0.6) is 5.75 Å². The van der Waals surface area contributed by atoms with Gasteiger partial charge in [0.15, 0.2) is 0 Å². The molecule has 0 aromatic heterocycles. The molecule has 0 aliphatic carbocycles. The van der Waals surface area contributed by atoms with Crippen LogP contribution in [-0.4, -0.2) is 18.9 Å². The molecule has 2 amide bonds. The topological polar surface area (TPSA) is 67.4 Å². The fraction of sp³-hybridized carbons (Fsp3) is 0.130. The lowest BCUT2D eigenvalue weighted by molar-refractivity contribution is 0.0949. The van der Waals surface area contributed by atoms with Crippen LogP contribution in [0.15, 0.2) is 72.8 Å². The largest absolute Gasteiger partial charge is 0.496 e. The van der Waals surface area contributed by atoms with Gasteiger partial charge in [-0.05, 0) is 55.0 Å². The highest BCUT2D eigenvalue weighted by atomic mass is 16.5. The van der Waals surface area contributed by atoms with Crippen molar-refractivity contribution in [3.8, 4) is 5.75 Å². The molecule has 3 rings (SSSR count). The number of hydrogen-bond acceptors (Lipinski definition) is 3. The molecule has 0 unspecified atom stereocenters. The minimum atomic E-state index is -0.216. The Morgan fingerprint density at radius 3 is 2.21 bits per heavy atom. The molecule has 5 heteroatoms. The molecule has 2 N–H and O–H groups in total. The quantitative estimate of drug-likeness (QED) is 0.680. The molecule has 0 saturated heterocycles. The van der Waals surface area contributed by atoms with Gasteiger partial charge >= 0.3 is 0 Å². The van der Waals surface area contributed by atoms with Crippen LogP contribution in [-0.2, 0) is 6.54 Å². The van der Waals surface area contributed by atoms with Crippen molar-refractivity contribution in [1.82, 2.24) is 5.32 Å². The number of carbonyl (C=O) groups is 2. The zero-order valence-electron chi connectivity index (χ0n) is 15.9. The number of benzene rings is 3. The first-order valence-corrected chi connectivity index (χ1v) is 8.95. The maximum atomic E-state index is 12.4. The van der Waals surface area contributed by atoms with E-state index in [0.29, 0.717) is 17.7 Å². The predicted octanol–water partition coefficient (Wildman–Crippen LogP) is 4.19. The second-order valence-electron chi connectivity index (χ2n) is 6.40. The van der Waals surface area contributed by atoms with Crippen molar-refractivity contribution >= 4 is 17.5 Å². The summed E-state index contributed by atoms with van der Waals surface area (Å²) in [6, 6.07) is 21.7. The number of anilines is 1. The van der Waals surface area contributed by atoms with Gasteiger partial charge < -0.3 is 15.4 Å². The minimum Gasteiger partial charge on any atom is -0.496 e. The maximum Gasteiger partial charge on any atom is 0.255 e. The highest BCUT2D eigenvalue weighted by molar-refractivity contribution is 6.05. The van der Waals surface area contributed by atoms with Gasteiger partial charge in [-0.3, -0.25) is 9.59 Å². The third-order valence-electron chi connectivity index (χ3n) is 4.32. The van der Waals surface area contributed by atoms with E-state index in [9.17, 15) is 9.59 Å². The molecule has 5 nitrogen and oxygen atoms in total. The summed E-state index contributed by atoms with van der Waals surface area (Å²) in [6.45, 7) is 2.33. The summed E-state index contributed by atoms with van der Waals surface area (Å²) in [4.78, 5) is 24.7. The summed E-state index contributed by atoms with van der Waals surface area (Å²) in [5.74, 6) is 0.300. The molecule has 0 atom stereocenters. The van der Waals surface area contributed by atoms with Gasteiger partial charge in [0.25, 0.3) is 11.8 Å². The average Bonchev–Trinajstić information content (AvgIpc) is 2.72. The molecule has 142 valence electrons. The lowest BCUT2D eigenvalue weighted by atomic mass is 10.1. The van der Waals surface area contributed by atoms with E-state index >= 15 is 0 Å². The van der Waals surface area contributed by atoms with Crippen LogP contribution in [0, 0.1) is 6.92 Å². The molecular formula is C23H22N2O3. The second-order valence-corrected chi connectivity index (χ2v) is 6.40. The van der Waals surface area contributed by atoms with Gasteiger partial charge in [0, 0.05) is 28.9 Å². The van der Waals surface area contributed by atoms with Crippen LogP contribution in [0.25, 0.3) is 0 Å². The monoisotopic (exact) mass is 374 g/mol. The smallest absolute Gasteiger partial charge is 0.255 e. The summed E-state index contributed by atoms with van der Waals surface area (Å²) in [7, 11) is 1.60. The van der Waals surface area contributed by atoms with Crippen molar-refractivity contribution in [3.05, 3.63) is 95.1 Å². The van der Waals surface area contributed by atoms with Gasteiger partial charge in [-0.15, -0.1) is 0 Å². The van der Waals surface area contributed by atoms with Crippen LogP contribution >= 0.6 is 0 Å². The standard InChI is InChI=1S/C23H22N2O3/c1-16-6-5-8-20(14-16)25-23(27)18-12-10-17(11-13-18)22(26)24-15-19-7-3-4-9-21(19)28-2/h3-14H,15H2,1-2H3,(H,24,26)(H,25,27). The SMILES string of the molecule is COc1ccccc1CNC(=O)c1ccc(C(=O)Nc2cccc(C)c2)cc1. The average molecular weight is 374 g/mol. The molecule has 3 aromatic rings. The van der Waals surface area contributed by atoms with Crippen molar-refractivity contribution in [2.75, 3.05) is 12.4 Å². The zero-order chi connectivity index (χ0) is 19.9. The molecule has 0 bridgehead atoms. The van der Waals surface area contributed by atoms with E-state index in [1.165, 1.54) is 0 Å². The molecule has 0 radical (unpaired) electrons. The molecule has 0 spiro atoms. The van der Waals surface area contributed by atoms with Gasteiger partial charge in [-0.2, -0.15) is 0 Å². The third kappa shape index (κ3) is 4.76. The van der Waals surface area contributed by atoms with Crippen molar-refractivity contribution in [1.29, 1.82) is 0 Å². The molecule has 0 heterocycles. The molecule has 0 aliphatic heterocycles. The predicted molar refractivity (Wildman–Crippen MR) is 110 cm³/mol. The lowest BCUT2D eigenvalue weighted by Crippen LogP contribution is -2.23. The first kappa shape index (κ1) is 19.2. The highest BCUT2D eigenvalue weighted by Crippen LogP contribution is 2.17. The van der Waals surface area contributed by atoms with E-state index in [4.69, 9.17) is 4.74 Å². The fourth-order valence-corrected chi connectivity index (χ4v) is 2.83. The van der Waals surface area contributed by atoms with Crippen LogP contribution in [0.2, 0.25) is 0 Å². The molecule has 3 aromatic carbocycles. The Bertz CT molecular complexity index is 981. The number of para-hydroxylation sites is 1. The summed E-state index contributed by atoms with van der Waals surface area (Å²) in [5, 5.41) is 5.72. The van der Waals surface area contributed by atoms with Crippen molar-refractivity contribution in [3.63, 3.8) is 0 Å². The molecule has 0 fully saturated rings. The van der Waals surface area contributed by atoms with Crippen LogP contribution in [0.1, 0.15) is 31.8 Å². The summed E-state index contributed by atoms with van der Waals surface area (Å²) in [6.07, 6.45) is 0. The van der Waals surface area contributed by atoms with Gasteiger partial charge in [-0.25, -0.2) is 0 Å². The second kappa shape index (κ2) is 8.86. The fourth-order valence-electron chi connectivity index (χ4n) is 2.83. The van der Waals surface area contributed by atoms with Gasteiger partial charge in [0.2, 0.25) is 0 Å². The Hall–Kier alpha value is -3.60. The first-order chi connectivity index (χ1) is 13.6. The Morgan fingerprint density at radius 1 is 0.857 bits per heavy atom. The van der Waals surface area contributed by atoms with Gasteiger partial charge in [0.05, 0.1) is 7.11 Å². The molecule has 0 aliphatic rings. The van der Waals surface area contributed by atoms with E-state index in [1.807, 2.05) is 55.5 Å². The summed E-state index contributed by atoms with van der Waals surface area (Å²) >= 11 is 0. The Labute approximate surface area is 164 Å². The van der Waals surface area contributed by atoms with Crippen LogP contribution < -0.4 is 15.4 Å². The lowest BCUT2D eigenvalue weighted by Gasteiger charge is -2.10. The number of rotatable bonds is 6. The van der Waals surface area contributed by atoms with Crippen LogP contribution in [0.4, 0.5) is 5.69 Å². The normalized spacial score (nSPS) is 10.2. The Morgan fingerprint density at radius 2 is 1.54 bits per heavy atom. The van der Waals surface area contributed by atoms with Gasteiger partial charge in [-0.1, -0.05) is 30.3 Å². The van der Waals surface area contributed by atoms with E-state index < -0.39 is 0 Å². The van der Waals surface area contributed by atoms with E-state index in [2.05, 4.69) is 10.6 Å². The number of amides is 2. The highest BCUT2D eigenvalue weighted by Gasteiger charge is 2.10. The van der Waals surface area contributed by atoms with E-state index in [-0.39, 0.29) is 11.8 Å². The number of hydrogen-bond donors (Lipinski definition) is 2. The summed E-state index contributed by atoms with van der Waals surface area (Å²) < 4.78 is 5.29. The number of methoxy groups -OCH3 is 1. The number of carbonyl (C=O) groups excluding carboxylic acids is 2. The Balaban J connectivity index is 1.61. The number of ether oxygens (including phenoxy) is 1. The van der Waals surface area contributed by atoms with Crippen molar-refractivity contribution in [2.45, 2.75) is 13.5 Å². The first-order valence-electron chi connectivity index (χ1n) is 8.95. The van der Waals surface area contributed by atoms with Crippen molar-refractivity contribution in [2.24, 2.45) is 0 Å². The number of nitrogens with one attached hydrogen (secondary N) is 2. The van der Waals surface area contributed by atoms with E-state index in [1.54, 1.807) is 31.4 Å². The zero-order valence-corrected chi connectivity index (χ0v) is 15.9. The number of aryl methyl sites for hydroxylation is 1. The molecular weight excluding hydrogens is 352 g/mol. The third-order valence-corrected chi connectivity index (χ3v) is 4.32. The minimum absolute atomic E-state index is 0.212. The van der Waals surface area contributed by atoms with Crippen LogP contribution in [0.3, 0.4) is 0 Å². The molecule has 0 saturated carbocycles. The van der Waals surface area contributed by atoms with Crippen molar-refractivity contribution < 1.29 is 14.3 Å². The molecule has 28 heavy (non-hydrogen) atoms. The summed E-state index contributed by atoms with van der Waals surface area (Å²) in [5.41, 5.74) is 3.68.